The van der Waals surface area contributed by atoms with Crippen LogP contribution in [0.15, 0.2) is 63.8 Å². The third kappa shape index (κ3) is 3.68. The lowest BCUT2D eigenvalue weighted by Gasteiger charge is -2.02. The van der Waals surface area contributed by atoms with Gasteiger partial charge in [-0.1, -0.05) is 41.9 Å². The van der Waals surface area contributed by atoms with Gasteiger partial charge < -0.3 is 0 Å². The molecule has 2 N–H and O–H groups in total. The Morgan fingerprint density at radius 2 is 1.89 bits per heavy atom. The highest BCUT2D eigenvalue weighted by Gasteiger charge is 2.13. The smallest absolute Gasteiger partial charge is 0.267 e. The second kappa shape index (κ2) is 7.71. The summed E-state index contributed by atoms with van der Waals surface area (Å²) >= 11 is 7.35. The first kappa shape index (κ1) is 18.0. The van der Waals surface area contributed by atoms with Crippen molar-refractivity contribution in [2.75, 3.05) is 0 Å². The van der Waals surface area contributed by atoms with Crippen LogP contribution in [-0.2, 0) is 0 Å². The van der Waals surface area contributed by atoms with E-state index < -0.39 is 5.91 Å². The maximum atomic E-state index is 12.4. The zero-order valence-corrected chi connectivity index (χ0v) is 15.8. The Bertz CT molecular complexity index is 1250. The summed E-state index contributed by atoms with van der Waals surface area (Å²) in [6, 6.07) is 14.1. The maximum absolute atomic E-state index is 12.4. The Morgan fingerprint density at radius 1 is 1.14 bits per heavy atom. The SMILES string of the molecule is O=C(N/N=C\c1csc(-c2ccc(Cl)cc2)n1)c1n[nH]c(=O)c2ccccc12. The molecule has 2 aromatic carbocycles. The van der Waals surface area contributed by atoms with Gasteiger partial charge in [0.15, 0.2) is 5.69 Å². The number of fused-ring (bicyclic) bond motifs is 1. The van der Waals surface area contributed by atoms with E-state index in [4.69, 9.17) is 11.6 Å². The van der Waals surface area contributed by atoms with Crippen LogP contribution in [0.5, 0.6) is 0 Å². The average Bonchev–Trinajstić information content (AvgIpc) is 3.18. The largest absolute Gasteiger partial charge is 0.292 e. The van der Waals surface area contributed by atoms with Crippen molar-refractivity contribution in [3.8, 4) is 10.6 Å². The van der Waals surface area contributed by atoms with E-state index in [1.54, 1.807) is 36.4 Å². The number of hydrogen-bond acceptors (Lipinski definition) is 6. The van der Waals surface area contributed by atoms with Crippen LogP contribution in [0.1, 0.15) is 16.2 Å². The number of hydrazone groups is 1. The van der Waals surface area contributed by atoms with Crippen molar-refractivity contribution in [2.24, 2.45) is 5.10 Å². The average molecular weight is 410 g/mol. The van der Waals surface area contributed by atoms with Gasteiger partial charge in [-0.05, 0) is 18.2 Å². The van der Waals surface area contributed by atoms with Gasteiger partial charge in [-0.3, -0.25) is 9.59 Å². The van der Waals surface area contributed by atoms with E-state index >= 15 is 0 Å². The van der Waals surface area contributed by atoms with Crippen LogP contribution < -0.4 is 11.0 Å². The fraction of sp³-hybridized carbons (Fsp3) is 0. The van der Waals surface area contributed by atoms with Gasteiger partial charge in [0.05, 0.1) is 17.3 Å². The fourth-order valence-corrected chi connectivity index (χ4v) is 3.47. The van der Waals surface area contributed by atoms with Crippen LogP contribution in [0.4, 0.5) is 0 Å². The molecule has 0 radical (unpaired) electrons. The summed E-state index contributed by atoms with van der Waals surface area (Å²) in [7, 11) is 0. The molecule has 138 valence electrons. The fourth-order valence-electron chi connectivity index (χ4n) is 2.57. The molecule has 28 heavy (non-hydrogen) atoms. The molecule has 1 amide bonds. The number of amides is 1. The van der Waals surface area contributed by atoms with Gasteiger partial charge in [-0.15, -0.1) is 11.3 Å². The molecule has 0 fully saturated rings. The molecular weight excluding hydrogens is 398 g/mol. The second-order valence-corrected chi connectivity index (χ2v) is 7.03. The molecule has 2 heterocycles. The number of thiazole rings is 1. The zero-order chi connectivity index (χ0) is 19.5. The van der Waals surface area contributed by atoms with E-state index in [0.717, 1.165) is 10.6 Å². The number of hydrogen-bond donors (Lipinski definition) is 2. The van der Waals surface area contributed by atoms with E-state index in [-0.39, 0.29) is 11.3 Å². The normalized spacial score (nSPS) is 11.2. The van der Waals surface area contributed by atoms with Crippen LogP contribution in [0.3, 0.4) is 0 Å². The Kier molecular flexibility index (Phi) is 4.96. The highest BCUT2D eigenvalue weighted by Crippen LogP contribution is 2.24. The quantitative estimate of drug-likeness (QED) is 0.398. The van der Waals surface area contributed by atoms with E-state index in [2.05, 4.69) is 25.7 Å². The number of carbonyl (C=O) groups excluding carboxylic acids is 1. The minimum atomic E-state index is -0.531. The third-order valence-corrected chi connectivity index (χ3v) is 5.05. The first-order valence-electron chi connectivity index (χ1n) is 8.14. The van der Waals surface area contributed by atoms with Crippen molar-refractivity contribution in [1.29, 1.82) is 0 Å². The molecule has 0 spiro atoms. The number of benzene rings is 2. The van der Waals surface area contributed by atoms with Crippen molar-refractivity contribution >= 4 is 45.8 Å². The summed E-state index contributed by atoms with van der Waals surface area (Å²) in [5, 5.41) is 14.2. The molecule has 4 rings (SSSR count). The van der Waals surface area contributed by atoms with Crippen LogP contribution >= 0.6 is 22.9 Å². The number of aromatic nitrogens is 3. The van der Waals surface area contributed by atoms with Gasteiger partial charge in [0.25, 0.3) is 11.5 Å². The number of nitrogens with zero attached hydrogens (tertiary/aromatic N) is 3. The van der Waals surface area contributed by atoms with Crippen LogP contribution in [0.25, 0.3) is 21.3 Å². The Morgan fingerprint density at radius 3 is 2.68 bits per heavy atom. The van der Waals surface area contributed by atoms with Crippen molar-refractivity contribution in [3.05, 3.63) is 80.7 Å². The summed E-state index contributed by atoms with van der Waals surface area (Å²) in [5.74, 6) is -0.531. The number of H-pyrrole nitrogens is 1. The molecule has 0 bridgehead atoms. The molecule has 7 nitrogen and oxygen atoms in total. The number of aromatic amines is 1. The molecule has 9 heteroatoms. The zero-order valence-electron chi connectivity index (χ0n) is 14.2. The predicted octanol–water partition coefficient (Wildman–Crippen LogP) is 3.46. The lowest BCUT2D eigenvalue weighted by Crippen LogP contribution is -2.22. The predicted molar refractivity (Wildman–Crippen MR) is 110 cm³/mol. The van der Waals surface area contributed by atoms with Crippen LogP contribution in [-0.4, -0.2) is 27.3 Å². The Balaban J connectivity index is 1.50. The summed E-state index contributed by atoms with van der Waals surface area (Å²) < 4.78 is 0. The number of halogens is 1. The van der Waals surface area contributed by atoms with Gasteiger partial charge in [-0.25, -0.2) is 15.5 Å². The minimum Gasteiger partial charge on any atom is -0.267 e. The van der Waals surface area contributed by atoms with E-state index in [1.807, 2.05) is 17.5 Å². The highest BCUT2D eigenvalue weighted by molar-refractivity contribution is 7.13. The molecule has 4 aromatic rings. The topological polar surface area (TPSA) is 100 Å². The van der Waals surface area contributed by atoms with Gasteiger partial charge in [-0.2, -0.15) is 10.2 Å². The van der Waals surface area contributed by atoms with Crippen molar-refractivity contribution < 1.29 is 4.79 Å². The summed E-state index contributed by atoms with van der Waals surface area (Å²) in [6.07, 6.45) is 1.45. The molecule has 0 saturated carbocycles. The third-order valence-electron chi connectivity index (χ3n) is 3.89. The molecule has 0 atom stereocenters. The molecule has 0 aliphatic rings. The minimum absolute atomic E-state index is 0.0903. The highest BCUT2D eigenvalue weighted by atomic mass is 35.5. The van der Waals surface area contributed by atoms with Crippen molar-refractivity contribution in [3.63, 3.8) is 0 Å². The molecule has 0 aliphatic carbocycles. The maximum Gasteiger partial charge on any atom is 0.292 e. The van der Waals surface area contributed by atoms with E-state index in [1.165, 1.54) is 17.6 Å². The van der Waals surface area contributed by atoms with Gasteiger partial charge in [0.2, 0.25) is 0 Å². The van der Waals surface area contributed by atoms with E-state index in [0.29, 0.717) is 21.5 Å². The number of rotatable bonds is 4. The van der Waals surface area contributed by atoms with Crippen molar-refractivity contribution in [2.45, 2.75) is 0 Å². The van der Waals surface area contributed by atoms with Gasteiger partial charge in [0.1, 0.15) is 5.01 Å². The lowest BCUT2D eigenvalue weighted by atomic mass is 10.1. The van der Waals surface area contributed by atoms with E-state index in [9.17, 15) is 9.59 Å². The number of carbonyl (C=O) groups is 1. The standard InChI is InChI=1S/C19H12ClN5O2S/c20-12-7-5-11(6-8-12)19-22-13(10-28-19)9-21-24-18(27)16-14-3-1-2-4-15(14)17(26)25-23-16/h1-10H,(H,24,27)(H,25,26)/b21-9-. The number of nitrogens with one attached hydrogen (secondary N) is 2. The Labute approximate surface area is 167 Å². The van der Waals surface area contributed by atoms with Gasteiger partial charge >= 0.3 is 0 Å². The Hall–Kier alpha value is -3.36. The molecule has 2 aromatic heterocycles. The molecular formula is C19H12ClN5O2S. The van der Waals surface area contributed by atoms with Gasteiger partial charge in [0, 0.05) is 21.4 Å². The summed E-state index contributed by atoms with van der Waals surface area (Å²) in [5.41, 5.74) is 3.70. The first-order chi connectivity index (χ1) is 13.6. The van der Waals surface area contributed by atoms with Crippen molar-refractivity contribution in [1.82, 2.24) is 20.6 Å². The van der Waals surface area contributed by atoms with Crippen LogP contribution in [0, 0.1) is 0 Å². The van der Waals surface area contributed by atoms with Crippen LogP contribution in [0.2, 0.25) is 5.02 Å². The lowest BCUT2D eigenvalue weighted by molar-refractivity contribution is 0.0951. The summed E-state index contributed by atoms with van der Waals surface area (Å²) in [4.78, 5) is 28.6. The molecule has 0 aliphatic heterocycles. The second-order valence-electron chi connectivity index (χ2n) is 5.73. The monoisotopic (exact) mass is 409 g/mol. The molecule has 0 unspecified atom stereocenters. The first-order valence-corrected chi connectivity index (χ1v) is 9.40. The molecule has 0 saturated heterocycles. The summed E-state index contributed by atoms with van der Waals surface area (Å²) in [6.45, 7) is 0.